The lowest BCUT2D eigenvalue weighted by Crippen LogP contribution is -2.32. The summed E-state index contributed by atoms with van der Waals surface area (Å²) in [6, 6.07) is 15.0. The molecule has 1 aromatic heterocycles. The van der Waals surface area contributed by atoms with Gasteiger partial charge in [-0.3, -0.25) is 0 Å². The molecule has 4 aromatic rings. The van der Waals surface area contributed by atoms with Crippen molar-refractivity contribution in [1.82, 2.24) is 4.57 Å². The maximum Gasteiger partial charge on any atom is 0.244 e. The molecule has 4 rings (SSSR count). The van der Waals surface area contributed by atoms with Crippen LogP contribution in [0, 0.1) is 15.3 Å². The van der Waals surface area contributed by atoms with Gasteiger partial charge in [0.2, 0.25) is 6.33 Å². The van der Waals surface area contributed by atoms with E-state index in [9.17, 15) is 5.11 Å². The first-order chi connectivity index (χ1) is 20.8. The molecular formula is C34H41Cl4N3O5. The third-order valence-corrected chi connectivity index (χ3v) is 8.19. The van der Waals surface area contributed by atoms with Crippen LogP contribution in [0.4, 0.5) is 0 Å². The van der Waals surface area contributed by atoms with E-state index in [1.54, 1.807) is 18.2 Å². The van der Waals surface area contributed by atoms with Crippen LogP contribution < -0.4 is 4.57 Å². The molecule has 8 nitrogen and oxygen atoms in total. The minimum absolute atomic E-state index is 0. The molecule has 1 atom stereocenters. The Labute approximate surface area is 291 Å². The molecule has 0 fully saturated rings. The van der Waals surface area contributed by atoms with Gasteiger partial charge in [0.25, 0.3) is 0 Å². The second-order valence-electron chi connectivity index (χ2n) is 12.7. The van der Waals surface area contributed by atoms with Crippen molar-refractivity contribution in [3.63, 3.8) is 0 Å². The summed E-state index contributed by atoms with van der Waals surface area (Å²) in [5.74, 6) is 0.386. The maximum atomic E-state index is 11.1. The summed E-state index contributed by atoms with van der Waals surface area (Å²) in [5, 5.41) is 28.1. The molecule has 0 spiro atoms. The molecule has 0 radical (unpaired) electrons. The molecule has 1 unspecified atom stereocenters. The summed E-state index contributed by atoms with van der Waals surface area (Å²) >= 11 is 25.3. The highest BCUT2D eigenvalue weighted by molar-refractivity contribution is 6.35. The molecule has 12 heteroatoms. The maximum absolute atomic E-state index is 11.1. The highest BCUT2D eigenvalue weighted by Gasteiger charge is 2.27. The van der Waals surface area contributed by atoms with Crippen molar-refractivity contribution < 1.29 is 19.5 Å². The number of rotatable bonds is 8. The van der Waals surface area contributed by atoms with Crippen LogP contribution in [0.25, 0.3) is 0 Å². The molecule has 0 aliphatic rings. The van der Waals surface area contributed by atoms with Crippen LogP contribution in [0.3, 0.4) is 0 Å². The van der Waals surface area contributed by atoms with Crippen molar-refractivity contribution in [2.45, 2.75) is 85.6 Å². The number of hydrogen-bond donors (Lipinski definition) is 1. The molecule has 3 aromatic carbocycles. The first-order valence-corrected chi connectivity index (χ1v) is 15.6. The van der Waals surface area contributed by atoms with E-state index in [1.165, 1.54) is 0 Å². The molecule has 250 valence electrons. The van der Waals surface area contributed by atoms with Crippen molar-refractivity contribution >= 4 is 46.4 Å². The number of hydrogen-bond acceptors (Lipinski definition) is 5. The Balaban J connectivity index is 0.00000139. The topological polar surface area (TPSA) is 104 Å². The molecule has 0 saturated carbocycles. The van der Waals surface area contributed by atoms with Crippen LogP contribution in [0.1, 0.15) is 82.9 Å². The minimum atomic E-state index is -1.75. The Morgan fingerprint density at radius 1 is 0.891 bits per heavy atom. The fourth-order valence-electron chi connectivity index (χ4n) is 4.80. The van der Waals surface area contributed by atoms with Crippen molar-refractivity contribution in [1.29, 1.82) is 0 Å². The molecule has 0 saturated heterocycles. The lowest BCUT2D eigenvalue weighted by Gasteiger charge is -2.28. The van der Waals surface area contributed by atoms with Crippen LogP contribution in [0.5, 0.6) is 5.75 Å². The predicted molar refractivity (Wildman–Crippen MR) is 187 cm³/mol. The molecule has 0 bridgehead atoms. The number of aromatic nitrogens is 2. The number of phenolic OH excluding ortho intramolecular Hbond substituents is 1. The zero-order valence-electron chi connectivity index (χ0n) is 26.0. The second-order valence-corrected chi connectivity index (χ2v) is 14.4. The van der Waals surface area contributed by atoms with Crippen molar-refractivity contribution in [2.75, 3.05) is 0 Å². The molecule has 46 heavy (non-hydrogen) atoms. The third kappa shape index (κ3) is 11.1. The van der Waals surface area contributed by atoms with Crippen LogP contribution in [0.2, 0.25) is 20.1 Å². The molecule has 0 aliphatic carbocycles. The summed E-state index contributed by atoms with van der Waals surface area (Å²) in [6.45, 7) is 14.2. The number of phenols is 1. The van der Waals surface area contributed by atoms with E-state index in [0.717, 1.165) is 27.8 Å². The lowest BCUT2D eigenvalue weighted by atomic mass is 9.78. The first kappa shape index (κ1) is 39.2. The van der Waals surface area contributed by atoms with Gasteiger partial charge in [0.15, 0.2) is 0 Å². The van der Waals surface area contributed by atoms with Gasteiger partial charge in [0.1, 0.15) is 37.3 Å². The number of halogens is 4. The summed E-state index contributed by atoms with van der Waals surface area (Å²) in [6.07, 6.45) is 5.75. The first-order valence-electron chi connectivity index (χ1n) is 14.1. The predicted octanol–water partition coefficient (Wildman–Crippen LogP) is 10.1. The molecule has 1 N–H and O–H groups in total. The average molecular weight is 714 g/mol. The zero-order chi connectivity index (χ0) is 33.7. The van der Waals surface area contributed by atoms with Crippen LogP contribution in [-0.2, 0) is 35.3 Å². The van der Waals surface area contributed by atoms with Gasteiger partial charge in [0, 0.05) is 25.7 Å². The lowest BCUT2D eigenvalue weighted by molar-refractivity contribution is -0.687. The van der Waals surface area contributed by atoms with Gasteiger partial charge < -0.3 is 25.2 Å². The van der Waals surface area contributed by atoms with E-state index in [1.807, 2.05) is 30.6 Å². The van der Waals surface area contributed by atoms with Crippen molar-refractivity contribution in [3.05, 3.63) is 130 Å². The smallest absolute Gasteiger partial charge is 0.244 e. The van der Waals surface area contributed by atoms with Crippen molar-refractivity contribution in [3.8, 4) is 5.75 Å². The Kier molecular flexibility index (Phi) is 13.8. The summed E-state index contributed by atoms with van der Waals surface area (Å²) in [4.78, 5) is 8.25. The van der Waals surface area contributed by atoms with E-state index in [2.05, 4.69) is 69.1 Å². The number of ether oxygens (including phenoxy) is 1. The van der Waals surface area contributed by atoms with E-state index in [0.29, 0.717) is 45.5 Å². The normalized spacial score (nSPS) is 12.1. The van der Waals surface area contributed by atoms with E-state index >= 15 is 0 Å². The van der Waals surface area contributed by atoms with Crippen LogP contribution in [0.15, 0.2) is 67.3 Å². The van der Waals surface area contributed by atoms with E-state index in [4.69, 9.17) is 66.5 Å². The molecule has 0 amide bonds. The second kappa shape index (κ2) is 16.2. The quantitative estimate of drug-likeness (QED) is 0.111. The summed E-state index contributed by atoms with van der Waals surface area (Å²) < 4.78 is 10.6. The molecule has 0 aliphatic heterocycles. The van der Waals surface area contributed by atoms with E-state index in [-0.39, 0.29) is 24.4 Å². The minimum Gasteiger partial charge on any atom is -0.507 e. The van der Waals surface area contributed by atoms with Gasteiger partial charge in [0.05, 0.1) is 11.7 Å². The van der Waals surface area contributed by atoms with Gasteiger partial charge in [-0.05, 0) is 69.5 Å². The number of aromatic hydroxyl groups is 1. The van der Waals surface area contributed by atoms with Crippen molar-refractivity contribution in [2.24, 2.45) is 0 Å². The van der Waals surface area contributed by atoms with Gasteiger partial charge in [-0.2, -0.15) is 0 Å². The average Bonchev–Trinajstić information content (AvgIpc) is 3.33. The van der Waals surface area contributed by atoms with E-state index < -0.39 is 5.09 Å². The van der Waals surface area contributed by atoms with Crippen LogP contribution >= 0.6 is 46.4 Å². The summed E-state index contributed by atoms with van der Waals surface area (Å²) in [5.41, 5.74) is 4.33. The van der Waals surface area contributed by atoms with Crippen LogP contribution in [-0.4, -0.2) is 14.8 Å². The molecule has 1 heterocycles. The number of nitrogens with zero attached hydrogens (tertiary/aromatic N) is 3. The fourth-order valence-corrected chi connectivity index (χ4v) is 5.80. The highest BCUT2D eigenvalue weighted by atomic mass is 35.5. The Bertz CT molecular complexity index is 1610. The van der Waals surface area contributed by atoms with Gasteiger partial charge >= 0.3 is 0 Å². The molecular weight excluding hydrogens is 672 g/mol. The number of benzene rings is 3. The SMILES string of the molecule is C.CC(C)(C)c1cc(C[n+]2ccn(CC(OCc3ccc(Cl)cc3Cl)c3ccc(Cl)cc3Cl)c2)cc(C(C)(C)C)c1O.O=[N+]([O-])[O-]. The Morgan fingerprint density at radius 3 is 1.91 bits per heavy atom. The largest absolute Gasteiger partial charge is 0.507 e. The highest BCUT2D eigenvalue weighted by Crippen LogP contribution is 2.40. The zero-order valence-corrected chi connectivity index (χ0v) is 29.0. The monoisotopic (exact) mass is 711 g/mol. The van der Waals surface area contributed by atoms with Gasteiger partial charge in [-0.1, -0.05) is 108 Å². The van der Waals surface area contributed by atoms with Gasteiger partial charge in [-0.15, -0.1) is 0 Å². The summed E-state index contributed by atoms with van der Waals surface area (Å²) in [7, 11) is 0. The van der Waals surface area contributed by atoms with Gasteiger partial charge in [-0.25, -0.2) is 9.13 Å². The standard InChI is InChI=1S/C33H36Cl4N2O2.CH4.NO3/c1-32(2,3)26-13-21(14-27(31(26)40)33(4,5)6)17-38-11-12-39(20-38)18-30(25-10-9-24(35)16-29(25)37)41-19-22-7-8-23(34)15-28(22)36;;2-1(3)4/h7-16,20,30H,17-19H2,1-6H3;1H4;/q;;-1/p+1. The fraction of sp³-hybridized carbons (Fsp3) is 0.382. The Hall–Kier alpha value is -3.01. The Morgan fingerprint density at radius 2 is 1.41 bits per heavy atom. The third-order valence-electron chi connectivity index (χ3n) is 7.04. The number of imidazole rings is 1.